The molecule has 0 atom stereocenters. The van der Waals surface area contributed by atoms with Gasteiger partial charge in [-0.2, -0.15) is 4.39 Å². The predicted octanol–water partition coefficient (Wildman–Crippen LogP) is 2.39. The summed E-state index contributed by atoms with van der Waals surface area (Å²) in [5.74, 6) is -1.27. The van der Waals surface area contributed by atoms with Gasteiger partial charge in [0.2, 0.25) is 5.82 Å². The van der Waals surface area contributed by atoms with E-state index in [4.69, 9.17) is 4.74 Å². The Balaban J connectivity index is 1.78. The number of hydrogen-bond acceptors (Lipinski definition) is 4. The number of hydrogen-bond donors (Lipinski definition) is 1. The zero-order valence-corrected chi connectivity index (χ0v) is 10.9. The van der Waals surface area contributed by atoms with E-state index in [2.05, 4.69) is 5.32 Å². The fourth-order valence-electron chi connectivity index (χ4n) is 1.76. The summed E-state index contributed by atoms with van der Waals surface area (Å²) in [4.78, 5) is 9.71. The monoisotopic (exact) mass is 286 g/mol. The molecular formula is C13H16F2N2O3. The Hall–Kier alpha value is -1.60. The van der Waals surface area contributed by atoms with Gasteiger partial charge in [-0.3, -0.25) is 10.1 Å². The van der Waals surface area contributed by atoms with Crippen LogP contribution in [0.4, 0.5) is 14.5 Å². The highest BCUT2D eigenvalue weighted by Gasteiger charge is 2.21. The molecular weight excluding hydrogens is 270 g/mol. The molecule has 5 nitrogen and oxygen atoms in total. The molecule has 0 aromatic heterocycles. The molecule has 110 valence electrons. The summed E-state index contributed by atoms with van der Waals surface area (Å²) >= 11 is 0. The summed E-state index contributed by atoms with van der Waals surface area (Å²) in [5, 5.41) is 13.5. The fourth-order valence-corrected chi connectivity index (χ4v) is 1.76. The molecule has 1 aliphatic rings. The largest absolute Gasteiger partial charge is 0.380 e. The second kappa shape index (κ2) is 6.71. The first kappa shape index (κ1) is 14.8. The number of halogens is 2. The summed E-state index contributed by atoms with van der Waals surface area (Å²) < 4.78 is 32.0. The van der Waals surface area contributed by atoms with Crippen LogP contribution in [0.15, 0.2) is 12.1 Å². The normalized spacial score (nSPS) is 14.5. The second-order valence-electron chi connectivity index (χ2n) is 4.85. The van der Waals surface area contributed by atoms with E-state index in [1.807, 2.05) is 0 Å². The number of nitro benzene ring substituents is 1. The van der Waals surface area contributed by atoms with Crippen molar-refractivity contribution in [1.29, 1.82) is 0 Å². The maximum atomic E-state index is 13.4. The first-order valence-electron chi connectivity index (χ1n) is 6.48. The Morgan fingerprint density at radius 2 is 2.10 bits per heavy atom. The van der Waals surface area contributed by atoms with Crippen LogP contribution in [0.5, 0.6) is 0 Å². The summed E-state index contributed by atoms with van der Waals surface area (Å²) in [6.45, 7) is 1.86. The van der Waals surface area contributed by atoms with E-state index < -0.39 is 22.2 Å². The molecule has 0 radical (unpaired) electrons. The van der Waals surface area contributed by atoms with Gasteiger partial charge >= 0.3 is 5.69 Å². The lowest BCUT2D eigenvalue weighted by Gasteiger charge is -2.07. The van der Waals surface area contributed by atoms with Crippen molar-refractivity contribution in [2.75, 3.05) is 19.8 Å². The van der Waals surface area contributed by atoms with Crippen LogP contribution < -0.4 is 5.32 Å². The molecule has 0 unspecified atom stereocenters. The van der Waals surface area contributed by atoms with E-state index in [1.165, 1.54) is 12.8 Å². The van der Waals surface area contributed by atoms with Crippen LogP contribution in [0.3, 0.4) is 0 Å². The van der Waals surface area contributed by atoms with E-state index in [0.29, 0.717) is 25.1 Å². The molecule has 1 fully saturated rings. The van der Waals surface area contributed by atoms with Crippen LogP contribution in [-0.4, -0.2) is 24.7 Å². The summed E-state index contributed by atoms with van der Waals surface area (Å²) in [6, 6.07) is 1.46. The molecule has 1 aromatic rings. The smallest absolute Gasteiger partial charge is 0.305 e. The highest BCUT2D eigenvalue weighted by molar-refractivity contribution is 5.37. The highest BCUT2D eigenvalue weighted by atomic mass is 19.1. The lowest BCUT2D eigenvalue weighted by atomic mass is 10.2. The molecule has 0 saturated heterocycles. The lowest BCUT2D eigenvalue weighted by molar-refractivity contribution is -0.387. The first-order chi connectivity index (χ1) is 9.58. The van der Waals surface area contributed by atoms with Crippen molar-refractivity contribution in [2.45, 2.75) is 19.4 Å². The molecule has 0 spiro atoms. The number of ether oxygens (including phenoxy) is 1. The predicted molar refractivity (Wildman–Crippen MR) is 68.3 cm³/mol. The molecule has 1 saturated carbocycles. The summed E-state index contributed by atoms with van der Waals surface area (Å²) in [6.07, 6.45) is 2.44. The second-order valence-corrected chi connectivity index (χ2v) is 4.85. The molecule has 0 heterocycles. The van der Waals surface area contributed by atoms with Crippen molar-refractivity contribution in [2.24, 2.45) is 5.92 Å². The van der Waals surface area contributed by atoms with Crippen LogP contribution in [0.25, 0.3) is 0 Å². The van der Waals surface area contributed by atoms with Gasteiger partial charge in [0, 0.05) is 37.4 Å². The maximum absolute atomic E-state index is 13.4. The third-order valence-electron chi connectivity index (χ3n) is 3.10. The van der Waals surface area contributed by atoms with Crippen molar-refractivity contribution in [1.82, 2.24) is 5.32 Å². The van der Waals surface area contributed by atoms with E-state index in [9.17, 15) is 18.9 Å². The van der Waals surface area contributed by atoms with Crippen LogP contribution in [0.2, 0.25) is 0 Å². The number of nitrogens with one attached hydrogen (secondary N) is 1. The first-order valence-corrected chi connectivity index (χ1v) is 6.48. The lowest BCUT2D eigenvalue weighted by Crippen LogP contribution is -2.20. The fraction of sp³-hybridized carbons (Fsp3) is 0.538. The minimum absolute atomic E-state index is 0.0697. The van der Waals surface area contributed by atoms with Gasteiger partial charge in [0.25, 0.3) is 0 Å². The summed E-state index contributed by atoms with van der Waals surface area (Å²) in [5.41, 5.74) is -0.645. The van der Waals surface area contributed by atoms with E-state index in [1.54, 1.807) is 0 Å². The quantitative estimate of drug-likeness (QED) is 0.453. The number of nitrogens with zero attached hydrogens (tertiary/aromatic N) is 1. The number of benzene rings is 1. The van der Waals surface area contributed by atoms with Crippen molar-refractivity contribution >= 4 is 5.69 Å². The zero-order chi connectivity index (χ0) is 14.5. The summed E-state index contributed by atoms with van der Waals surface area (Å²) in [7, 11) is 0. The van der Waals surface area contributed by atoms with Crippen molar-refractivity contribution in [3.8, 4) is 0 Å². The van der Waals surface area contributed by atoms with Gasteiger partial charge in [0.05, 0.1) is 11.5 Å². The van der Waals surface area contributed by atoms with Gasteiger partial charge in [0.1, 0.15) is 5.82 Å². The molecule has 1 N–H and O–H groups in total. The minimum atomic E-state index is -1.16. The maximum Gasteiger partial charge on any atom is 0.305 e. The standard InChI is InChI=1S/C13H16F2N2O3/c14-11-6-12(15)13(17(18)19)5-10(11)7-16-3-4-20-8-9-1-2-9/h5-6,9,16H,1-4,7-8H2. The van der Waals surface area contributed by atoms with Crippen molar-refractivity contribution in [3.63, 3.8) is 0 Å². The number of nitro groups is 1. The van der Waals surface area contributed by atoms with Gasteiger partial charge in [-0.15, -0.1) is 0 Å². The van der Waals surface area contributed by atoms with Crippen LogP contribution in [-0.2, 0) is 11.3 Å². The van der Waals surface area contributed by atoms with Crippen LogP contribution >= 0.6 is 0 Å². The molecule has 1 aliphatic carbocycles. The minimum Gasteiger partial charge on any atom is -0.380 e. The van der Waals surface area contributed by atoms with Gasteiger partial charge in [0.15, 0.2) is 0 Å². The zero-order valence-electron chi connectivity index (χ0n) is 10.9. The SMILES string of the molecule is O=[N+]([O-])c1cc(CNCCOCC2CC2)c(F)cc1F. The third kappa shape index (κ3) is 4.21. The van der Waals surface area contributed by atoms with Crippen molar-refractivity contribution < 1.29 is 18.4 Å². The Bertz CT molecular complexity index is 493. The van der Waals surface area contributed by atoms with E-state index >= 15 is 0 Å². The molecule has 0 amide bonds. The van der Waals surface area contributed by atoms with Gasteiger partial charge in [-0.25, -0.2) is 4.39 Å². The van der Waals surface area contributed by atoms with E-state index in [-0.39, 0.29) is 12.1 Å². The third-order valence-corrected chi connectivity index (χ3v) is 3.10. The topological polar surface area (TPSA) is 64.4 Å². The van der Waals surface area contributed by atoms with E-state index in [0.717, 1.165) is 12.7 Å². The van der Waals surface area contributed by atoms with Gasteiger partial charge in [-0.05, 0) is 18.8 Å². The highest BCUT2D eigenvalue weighted by Crippen LogP contribution is 2.28. The molecule has 2 rings (SSSR count). The Labute approximate surface area is 115 Å². The van der Waals surface area contributed by atoms with Crippen LogP contribution in [0, 0.1) is 27.7 Å². The van der Waals surface area contributed by atoms with Crippen molar-refractivity contribution in [3.05, 3.63) is 39.4 Å². The molecule has 20 heavy (non-hydrogen) atoms. The van der Waals surface area contributed by atoms with Crippen LogP contribution in [0.1, 0.15) is 18.4 Å². The molecule has 0 bridgehead atoms. The Kier molecular flexibility index (Phi) is 4.97. The number of rotatable bonds is 8. The molecule has 1 aromatic carbocycles. The van der Waals surface area contributed by atoms with Gasteiger partial charge < -0.3 is 10.1 Å². The average molecular weight is 286 g/mol. The Morgan fingerprint density at radius 1 is 1.35 bits per heavy atom. The van der Waals surface area contributed by atoms with Gasteiger partial charge in [-0.1, -0.05) is 0 Å². The molecule has 0 aliphatic heterocycles. The molecule has 7 heteroatoms. The average Bonchev–Trinajstić information content (AvgIpc) is 3.19. The Morgan fingerprint density at radius 3 is 2.75 bits per heavy atom.